The summed E-state index contributed by atoms with van der Waals surface area (Å²) in [5, 5.41) is 0. The van der Waals surface area contributed by atoms with Crippen molar-refractivity contribution in [3.05, 3.63) is 91.7 Å². The molecule has 35 heavy (non-hydrogen) atoms. The van der Waals surface area contributed by atoms with E-state index in [1.165, 1.54) is 18.4 Å². The van der Waals surface area contributed by atoms with Gasteiger partial charge in [-0.1, -0.05) is 54.5 Å². The van der Waals surface area contributed by atoms with Crippen molar-refractivity contribution in [3.8, 4) is 18.1 Å². The minimum Gasteiger partial charge on any atom is -0.479 e. The molecule has 3 aromatic rings. The van der Waals surface area contributed by atoms with Crippen LogP contribution in [0.1, 0.15) is 30.5 Å². The van der Waals surface area contributed by atoms with E-state index in [-0.39, 0.29) is 12.2 Å². The van der Waals surface area contributed by atoms with Crippen molar-refractivity contribution in [3.63, 3.8) is 0 Å². The summed E-state index contributed by atoms with van der Waals surface area (Å²) in [5.74, 6) is 2.71. The zero-order valence-corrected chi connectivity index (χ0v) is 24.0. The maximum absolute atomic E-state index is 13.7. The third-order valence-electron chi connectivity index (χ3n) is 5.38. The van der Waals surface area contributed by atoms with Crippen molar-refractivity contribution in [1.29, 1.82) is 0 Å². The number of hydrogen-bond donors (Lipinski definition) is 0. The smallest absolute Gasteiger partial charge is 0.338 e. The van der Waals surface area contributed by atoms with E-state index in [4.69, 9.17) is 20.9 Å². The van der Waals surface area contributed by atoms with Crippen molar-refractivity contribution < 1.29 is 14.3 Å². The Morgan fingerprint density at radius 3 is 2.54 bits per heavy atom. The summed E-state index contributed by atoms with van der Waals surface area (Å²) in [5.41, 5.74) is 2.48. The third kappa shape index (κ3) is 5.10. The monoisotopic (exact) mass is 710 g/mol. The first-order valence-electron chi connectivity index (χ1n) is 10.6. The number of nitrogens with zero attached hydrogens (tertiary/aromatic N) is 2. The molecule has 0 radical (unpaired) electrons. The lowest BCUT2D eigenvalue weighted by molar-refractivity contribution is -0.136. The van der Waals surface area contributed by atoms with Gasteiger partial charge in [0.15, 0.2) is 4.80 Å². The molecule has 1 aliphatic rings. The molecule has 0 saturated carbocycles. The molecule has 1 atom stereocenters. The van der Waals surface area contributed by atoms with Crippen LogP contribution in [-0.2, 0) is 9.53 Å². The summed E-state index contributed by atoms with van der Waals surface area (Å²) in [6, 6.07) is 12.8. The van der Waals surface area contributed by atoms with Crippen LogP contribution in [0.25, 0.3) is 6.08 Å². The summed E-state index contributed by atoms with van der Waals surface area (Å²) in [6.45, 7) is 2.12. The fraction of sp³-hybridized carbons (Fsp3) is 0.192. The Labute approximate surface area is 233 Å². The van der Waals surface area contributed by atoms with Gasteiger partial charge < -0.3 is 9.47 Å². The highest BCUT2D eigenvalue weighted by Gasteiger charge is 2.33. The number of allylic oxidation sites excluding steroid dienone is 1. The summed E-state index contributed by atoms with van der Waals surface area (Å²) < 4.78 is 14.7. The first kappa shape index (κ1) is 25.7. The van der Waals surface area contributed by atoms with Crippen LogP contribution >= 0.6 is 56.5 Å². The Morgan fingerprint density at radius 2 is 1.94 bits per heavy atom. The fourth-order valence-electron chi connectivity index (χ4n) is 3.88. The van der Waals surface area contributed by atoms with E-state index in [1.807, 2.05) is 55.5 Å². The van der Waals surface area contributed by atoms with Crippen LogP contribution in [0.2, 0.25) is 0 Å². The molecule has 9 heteroatoms. The predicted octanol–water partition coefficient (Wildman–Crippen LogP) is 4.02. The largest absolute Gasteiger partial charge is 0.479 e. The van der Waals surface area contributed by atoms with Crippen LogP contribution in [0.3, 0.4) is 0 Å². The Balaban J connectivity index is 1.92. The summed E-state index contributed by atoms with van der Waals surface area (Å²) in [6.07, 6.45) is 7.70. The van der Waals surface area contributed by atoms with Gasteiger partial charge in [0.05, 0.1) is 36.1 Å². The number of methoxy groups -OCH3 is 1. The molecule has 2 aromatic carbocycles. The van der Waals surface area contributed by atoms with Gasteiger partial charge in [-0.15, -0.1) is 6.42 Å². The number of halogens is 2. The molecular weight excluding hydrogens is 690 g/mol. The number of terminal acetylenes is 1. The number of esters is 1. The van der Waals surface area contributed by atoms with E-state index >= 15 is 0 Å². The number of thiazole rings is 1. The SMILES string of the molecule is C#CCOc1c(I)cc(/C=c2\sc3n(c2=O)[C@H](c2ccccc2)C(C(=O)OC)=C(CC)N=3)cc1I. The predicted molar refractivity (Wildman–Crippen MR) is 153 cm³/mol. The first-order chi connectivity index (χ1) is 16.9. The standard InChI is InChI=1S/C26H20I2N2O4S/c1-4-11-34-23-17(27)12-15(13-18(23)28)14-20-24(31)30-22(16-9-7-6-8-10-16)21(25(32)33-3)19(5-2)29-26(30)35-20/h1,6-10,12-14,22H,5,11H2,2-3H3/b20-14-/t22-/m1/s1. The van der Waals surface area contributed by atoms with Crippen LogP contribution < -0.4 is 19.6 Å². The maximum Gasteiger partial charge on any atom is 0.338 e. The molecule has 4 rings (SSSR count). The lowest BCUT2D eigenvalue weighted by Gasteiger charge is -2.25. The number of carbonyl (C=O) groups excluding carboxylic acids is 1. The second-order valence-electron chi connectivity index (χ2n) is 7.51. The summed E-state index contributed by atoms with van der Waals surface area (Å²) in [7, 11) is 1.34. The Kier molecular flexibility index (Phi) is 8.13. The van der Waals surface area contributed by atoms with E-state index in [9.17, 15) is 9.59 Å². The van der Waals surface area contributed by atoms with Gasteiger partial charge in [-0.05, 0) is 80.9 Å². The minimum atomic E-state index is -0.614. The van der Waals surface area contributed by atoms with Crippen LogP contribution in [0.4, 0.5) is 0 Å². The van der Waals surface area contributed by atoms with Gasteiger partial charge in [0.1, 0.15) is 12.4 Å². The van der Waals surface area contributed by atoms with Gasteiger partial charge in [-0.25, -0.2) is 9.79 Å². The molecule has 1 aliphatic heterocycles. The van der Waals surface area contributed by atoms with Gasteiger partial charge in [-0.3, -0.25) is 9.36 Å². The molecule has 0 saturated heterocycles. The van der Waals surface area contributed by atoms with Crippen molar-refractivity contribution in [1.82, 2.24) is 4.57 Å². The van der Waals surface area contributed by atoms with Crippen molar-refractivity contribution in [2.24, 2.45) is 4.99 Å². The highest BCUT2D eigenvalue weighted by molar-refractivity contribution is 14.1. The summed E-state index contributed by atoms with van der Waals surface area (Å²) in [4.78, 5) is 31.8. The number of fused-ring (bicyclic) bond motifs is 1. The van der Waals surface area contributed by atoms with Gasteiger partial charge in [0, 0.05) is 0 Å². The average Bonchev–Trinajstić information content (AvgIpc) is 3.16. The third-order valence-corrected chi connectivity index (χ3v) is 7.97. The molecule has 6 nitrogen and oxygen atoms in total. The molecule has 2 heterocycles. The first-order valence-corrected chi connectivity index (χ1v) is 13.6. The number of aromatic nitrogens is 1. The number of carbonyl (C=O) groups is 1. The minimum absolute atomic E-state index is 0.186. The highest BCUT2D eigenvalue weighted by atomic mass is 127. The molecule has 0 fully saturated rings. The molecule has 178 valence electrons. The second-order valence-corrected chi connectivity index (χ2v) is 10.8. The van der Waals surface area contributed by atoms with Crippen molar-refractivity contribution >= 4 is 68.6 Å². The van der Waals surface area contributed by atoms with Crippen LogP contribution in [-0.4, -0.2) is 24.3 Å². The number of hydrogen-bond acceptors (Lipinski definition) is 6. The maximum atomic E-state index is 13.7. The number of ether oxygens (including phenoxy) is 2. The van der Waals surface area contributed by atoms with Gasteiger partial charge in [-0.2, -0.15) is 0 Å². The molecule has 0 unspecified atom stereocenters. The van der Waals surface area contributed by atoms with E-state index in [0.717, 1.165) is 24.0 Å². The molecule has 1 aromatic heterocycles. The molecule has 0 amide bonds. The van der Waals surface area contributed by atoms with Crippen molar-refractivity contribution in [2.45, 2.75) is 19.4 Å². The molecule has 0 bridgehead atoms. The van der Waals surface area contributed by atoms with Gasteiger partial charge in [0.25, 0.3) is 5.56 Å². The van der Waals surface area contributed by atoms with Crippen LogP contribution in [0, 0.1) is 19.5 Å². The lowest BCUT2D eigenvalue weighted by Crippen LogP contribution is -2.40. The van der Waals surface area contributed by atoms with E-state index in [0.29, 0.717) is 27.0 Å². The molecule has 0 aliphatic carbocycles. The zero-order valence-electron chi connectivity index (χ0n) is 18.9. The van der Waals surface area contributed by atoms with Crippen molar-refractivity contribution in [2.75, 3.05) is 13.7 Å². The Morgan fingerprint density at radius 1 is 1.26 bits per heavy atom. The quantitative estimate of drug-likeness (QED) is 0.221. The highest BCUT2D eigenvalue weighted by Crippen LogP contribution is 2.32. The van der Waals surface area contributed by atoms with Gasteiger partial charge in [0.2, 0.25) is 0 Å². The van der Waals surface area contributed by atoms with E-state index in [1.54, 1.807) is 4.57 Å². The zero-order chi connectivity index (χ0) is 25.1. The molecule has 0 spiro atoms. The van der Waals surface area contributed by atoms with E-state index in [2.05, 4.69) is 51.1 Å². The number of rotatable bonds is 6. The van der Waals surface area contributed by atoms with Gasteiger partial charge >= 0.3 is 5.97 Å². The topological polar surface area (TPSA) is 69.9 Å². The molecule has 0 N–H and O–H groups in total. The Bertz CT molecular complexity index is 1530. The van der Waals surface area contributed by atoms with Crippen LogP contribution in [0.15, 0.2) is 63.5 Å². The number of benzene rings is 2. The average molecular weight is 710 g/mol. The lowest BCUT2D eigenvalue weighted by atomic mass is 9.95. The second kappa shape index (κ2) is 11.1. The Hall–Kier alpha value is -2.43. The normalized spacial score (nSPS) is 15.3. The van der Waals surface area contributed by atoms with Crippen LogP contribution in [0.5, 0.6) is 5.75 Å². The fourth-order valence-corrected chi connectivity index (χ4v) is 7.03. The van der Waals surface area contributed by atoms with E-state index < -0.39 is 12.0 Å². The molecular formula is C26H20I2N2O4S. The summed E-state index contributed by atoms with van der Waals surface area (Å²) >= 11 is 5.70.